The van der Waals surface area contributed by atoms with Gasteiger partial charge in [-0.3, -0.25) is 9.89 Å². The molecule has 112 valence electrons. The van der Waals surface area contributed by atoms with E-state index in [1.165, 1.54) is 43.6 Å². The molecular formula is C13H12F3N3O2. The van der Waals surface area contributed by atoms with Crippen LogP contribution in [-0.4, -0.2) is 29.4 Å². The first kappa shape index (κ1) is 14.9. The molecule has 1 aromatic heterocycles. The number of rotatable bonds is 4. The molecule has 1 aromatic carbocycles. The average Bonchev–Trinajstić information content (AvgIpc) is 2.98. The number of aromatic amines is 1. The van der Waals surface area contributed by atoms with Crippen LogP contribution in [0.2, 0.25) is 0 Å². The molecule has 0 aliphatic rings. The maximum atomic E-state index is 13.1. The maximum Gasteiger partial charge on any atom is 0.412 e. The molecule has 1 amide bonds. The van der Waals surface area contributed by atoms with E-state index < -0.39 is 18.1 Å². The number of methoxy groups -OCH3 is 1. The molecule has 0 spiro atoms. The van der Waals surface area contributed by atoms with Crippen LogP contribution in [0.1, 0.15) is 22.1 Å². The Morgan fingerprint density at radius 3 is 2.43 bits per heavy atom. The second-order valence-corrected chi connectivity index (χ2v) is 4.19. The molecule has 1 heterocycles. The van der Waals surface area contributed by atoms with Gasteiger partial charge in [0.25, 0.3) is 5.91 Å². The zero-order valence-corrected chi connectivity index (χ0v) is 10.9. The zero-order valence-electron chi connectivity index (χ0n) is 10.9. The van der Waals surface area contributed by atoms with Gasteiger partial charge >= 0.3 is 6.18 Å². The largest absolute Gasteiger partial charge is 0.497 e. The monoisotopic (exact) mass is 299 g/mol. The molecular weight excluding hydrogens is 287 g/mol. The Balaban J connectivity index is 2.24. The zero-order chi connectivity index (χ0) is 15.5. The number of carbonyl (C=O) groups is 1. The number of hydrogen-bond donors (Lipinski definition) is 2. The smallest absolute Gasteiger partial charge is 0.412 e. The third-order valence-electron chi connectivity index (χ3n) is 2.80. The molecule has 0 unspecified atom stereocenters. The second-order valence-electron chi connectivity index (χ2n) is 4.19. The minimum Gasteiger partial charge on any atom is -0.497 e. The van der Waals surface area contributed by atoms with E-state index in [0.29, 0.717) is 5.75 Å². The highest BCUT2D eigenvalue weighted by Gasteiger charge is 2.42. The van der Waals surface area contributed by atoms with Crippen molar-refractivity contribution in [1.82, 2.24) is 15.5 Å². The summed E-state index contributed by atoms with van der Waals surface area (Å²) in [5, 5.41) is 7.78. The van der Waals surface area contributed by atoms with Gasteiger partial charge in [-0.05, 0) is 23.8 Å². The minimum absolute atomic E-state index is 0.0437. The molecule has 1 atom stereocenters. The molecule has 2 rings (SSSR count). The van der Waals surface area contributed by atoms with Crippen molar-refractivity contribution >= 4 is 5.91 Å². The first-order chi connectivity index (χ1) is 9.91. The Labute approximate surface area is 118 Å². The summed E-state index contributed by atoms with van der Waals surface area (Å²) in [7, 11) is 1.41. The van der Waals surface area contributed by atoms with Crippen molar-refractivity contribution in [1.29, 1.82) is 0 Å². The fraction of sp³-hybridized carbons (Fsp3) is 0.231. The van der Waals surface area contributed by atoms with E-state index in [4.69, 9.17) is 4.74 Å². The molecule has 0 aliphatic carbocycles. The van der Waals surface area contributed by atoms with Gasteiger partial charge in [-0.1, -0.05) is 12.1 Å². The van der Waals surface area contributed by atoms with Gasteiger partial charge in [-0.25, -0.2) is 0 Å². The maximum absolute atomic E-state index is 13.1. The van der Waals surface area contributed by atoms with Crippen molar-refractivity contribution in [2.24, 2.45) is 0 Å². The molecule has 0 saturated heterocycles. The van der Waals surface area contributed by atoms with Crippen LogP contribution in [0.5, 0.6) is 5.75 Å². The lowest BCUT2D eigenvalue weighted by Crippen LogP contribution is -2.38. The standard InChI is InChI=1S/C13H12F3N3O2/c1-21-9-4-2-8(3-5-9)11(13(14,15)16)18-12(20)10-6-7-17-19-10/h2-7,11H,1H3,(H,17,19)(H,18,20)/t11-/m0/s1. The highest BCUT2D eigenvalue weighted by molar-refractivity contribution is 5.92. The van der Waals surface area contributed by atoms with E-state index in [1.807, 2.05) is 5.32 Å². The molecule has 0 saturated carbocycles. The number of nitrogens with one attached hydrogen (secondary N) is 2. The van der Waals surface area contributed by atoms with Crippen LogP contribution < -0.4 is 10.1 Å². The number of alkyl halides is 3. The van der Waals surface area contributed by atoms with Gasteiger partial charge in [0.1, 0.15) is 11.4 Å². The molecule has 0 bridgehead atoms. The Kier molecular flexibility index (Phi) is 4.15. The topological polar surface area (TPSA) is 67.0 Å². The molecule has 21 heavy (non-hydrogen) atoms. The summed E-state index contributed by atoms with van der Waals surface area (Å²) in [6, 6.07) is 4.48. The van der Waals surface area contributed by atoms with Crippen molar-refractivity contribution in [2.75, 3.05) is 7.11 Å². The van der Waals surface area contributed by atoms with Crippen LogP contribution in [0, 0.1) is 0 Å². The van der Waals surface area contributed by atoms with Gasteiger partial charge in [-0.2, -0.15) is 18.3 Å². The van der Waals surface area contributed by atoms with Gasteiger partial charge in [0.2, 0.25) is 0 Å². The van der Waals surface area contributed by atoms with Crippen LogP contribution in [0.15, 0.2) is 36.5 Å². The molecule has 5 nitrogen and oxygen atoms in total. The van der Waals surface area contributed by atoms with Gasteiger partial charge in [-0.15, -0.1) is 0 Å². The SMILES string of the molecule is COc1ccc([C@H](NC(=O)c2ccn[nH]2)C(F)(F)F)cc1. The van der Waals surface area contributed by atoms with E-state index in [-0.39, 0.29) is 11.3 Å². The Morgan fingerprint density at radius 2 is 1.95 bits per heavy atom. The van der Waals surface area contributed by atoms with Crippen LogP contribution in [0.3, 0.4) is 0 Å². The summed E-state index contributed by atoms with van der Waals surface area (Å²) in [6.45, 7) is 0. The highest BCUT2D eigenvalue weighted by atomic mass is 19.4. The summed E-state index contributed by atoms with van der Waals surface area (Å²) in [5.41, 5.74) is -0.131. The number of halogens is 3. The predicted octanol–water partition coefficient (Wildman–Crippen LogP) is 2.45. The lowest BCUT2D eigenvalue weighted by molar-refractivity contribution is -0.155. The Hall–Kier alpha value is -2.51. The van der Waals surface area contributed by atoms with Gasteiger partial charge in [0, 0.05) is 6.20 Å². The average molecular weight is 299 g/mol. The van der Waals surface area contributed by atoms with E-state index in [0.717, 1.165) is 0 Å². The van der Waals surface area contributed by atoms with Crippen LogP contribution in [0.4, 0.5) is 13.2 Å². The van der Waals surface area contributed by atoms with Crippen molar-refractivity contribution in [3.8, 4) is 5.75 Å². The van der Waals surface area contributed by atoms with Crippen molar-refractivity contribution in [2.45, 2.75) is 12.2 Å². The van der Waals surface area contributed by atoms with Crippen LogP contribution >= 0.6 is 0 Å². The molecule has 2 aromatic rings. The molecule has 2 N–H and O–H groups in total. The number of hydrogen-bond acceptors (Lipinski definition) is 3. The summed E-state index contributed by atoms with van der Waals surface area (Å²) >= 11 is 0. The normalized spacial score (nSPS) is 12.8. The number of ether oxygens (including phenoxy) is 1. The third kappa shape index (κ3) is 3.53. The number of amides is 1. The highest BCUT2D eigenvalue weighted by Crippen LogP contribution is 2.33. The lowest BCUT2D eigenvalue weighted by Gasteiger charge is -2.22. The first-order valence-electron chi connectivity index (χ1n) is 5.92. The number of H-pyrrole nitrogens is 1. The van der Waals surface area contributed by atoms with Gasteiger partial charge in [0.05, 0.1) is 7.11 Å². The van der Waals surface area contributed by atoms with Crippen molar-refractivity contribution in [3.63, 3.8) is 0 Å². The fourth-order valence-electron chi connectivity index (χ4n) is 1.74. The van der Waals surface area contributed by atoms with Gasteiger partial charge in [0.15, 0.2) is 6.04 Å². The van der Waals surface area contributed by atoms with Crippen molar-refractivity contribution in [3.05, 3.63) is 47.8 Å². The number of benzene rings is 1. The summed E-state index contributed by atoms with van der Waals surface area (Å²) < 4.78 is 44.2. The summed E-state index contributed by atoms with van der Waals surface area (Å²) in [6.07, 6.45) is -3.34. The van der Waals surface area contributed by atoms with E-state index >= 15 is 0 Å². The quantitative estimate of drug-likeness (QED) is 0.911. The molecule has 0 aliphatic heterocycles. The molecule has 0 radical (unpaired) electrons. The number of aromatic nitrogens is 2. The molecule has 8 heteroatoms. The van der Waals surface area contributed by atoms with Crippen LogP contribution in [-0.2, 0) is 0 Å². The van der Waals surface area contributed by atoms with Crippen molar-refractivity contribution < 1.29 is 22.7 Å². The van der Waals surface area contributed by atoms with Crippen LogP contribution in [0.25, 0.3) is 0 Å². The van der Waals surface area contributed by atoms with E-state index in [9.17, 15) is 18.0 Å². The minimum atomic E-state index is -4.62. The summed E-state index contributed by atoms with van der Waals surface area (Å²) in [5.74, 6) is -0.454. The van der Waals surface area contributed by atoms with E-state index in [1.54, 1.807) is 0 Å². The summed E-state index contributed by atoms with van der Waals surface area (Å²) in [4.78, 5) is 11.8. The number of nitrogens with zero attached hydrogens (tertiary/aromatic N) is 1. The lowest BCUT2D eigenvalue weighted by atomic mass is 10.1. The predicted molar refractivity (Wildman–Crippen MR) is 67.8 cm³/mol. The molecule has 0 fully saturated rings. The Bertz CT molecular complexity index is 594. The number of carbonyl (C=O) groups excluding carboxylic acids is 1. The third-order valence-corrected chi connectivity index (χ3v) is 2.80. The fourth-order valence-corrected chi connectivity index (χ4v) is 1.74. The van der Waals surface area contributed by atoms with Gasteiger partial charge < -0.3 is 10.1 Å². The first-order valence-corrected chi connectivity index (χ1v) is 5.92. The second kappa shape index (κ2) is 5.86. The van der Waals surface area contributed by atoms with E-state index in [2.05, 4.69) is 10.2 Å². The Morgan fingerprint density at radius 1 is 1.29 bits per heavy atom.